The van der Waals surface area contributed by atoms with Gasteiger partial charge in [0.2, 0.25) is 0 Å². The second kappa shape index (κ2) is 7.14. The maximum atomic E-state index is 10.8. The zero-order chi connectivity index (χ0) is 16.9. The van der Waals surface area contributed by atoms with Crippen molar-refractivity contribution in [1.29, 1.82) is 0 Å². The van der Waals surface area contributed by atoms with E-state index in [1.807, 2.05) is 29.6 Å². The molecule has 5 nitrogen and oxygen atoms in total. The molecule has 0 saturated heterocycles. The van der Waals surface area contributed by atoms with E-state index in [9.17, 15) is 4.79 Å². The van der Waals surface area contributed by atoms with Gasteiger partial charge in [0.1, 0.15) is 10.8 Å². The van der Waals surface area contributed by atoms with Crippen LogP contribution in [0.25, 0.3) is 11.3 Å². The third-order valence-corrected chi connectivity index (χ3v) is 4.34. The highest BCUT2D eigenvalue weighted by Crippen LogP contribution is 2.25. The molecular formula is C18H16N2O3S. The zero-order valence-electron chi connectivity index (χ0n) is 13.0. The number of carboxylic acid groups (broad SMARTS) is 1. The first kappa shape index (κ1) is 16.0. The number of benzene rings is 2. The zero-order valence-corrected chi connectivity index (χ0v) is 13.8. The summed E-state index contributed by atoms with van der Waals surface area (Å²) in [6.45, 7) is 0.584. The van der Waals surface area contributed by atoms with Crippen LogP contribution >= 0.6 is 11.3 Å². The topological polar surface area (TPSA) is 71.5 Å². The number of anilines is 1. The Hall–Kier alpha value is -2.86. The summed E-state index contributed by atoms with van der Waals surface area (Å²) in [4.78, 5) is 15.5. The predicted octanol–water partition coefficient (Wildman–Crippen LogP) is 4.13. The Balaban J connectivity index is 1.66. The van der Waals surface area contributed by atoms with Crippen LogP contribution in [0.2, 0.25) is 0 Å². The quantitative estimate of drug-likeness (QED) is 0.706. The molecular weight excluding hydrogens is 324 g/mol. The molecule has 2 N–H and O–H groups in total. The second-order valence-corrected chi connectivity index (χ2v) is 6.04. The number of carbonyl (C=O) groups is 1. The van der Waals surface area contributed by atoms with Crippen LogP contribution in [0.1, 0.15) is 15.4 Å². The monoisotopic (exact) mass is 340 g/mol. The largest absolute Gasteiger partial charge is 0.497 e. The molecule has 3 aromatic rings. The molecule has 0 unspecified atom stereocenters. The fraction of sp³-hybridized carbons (Fsp3) is 0.111. The molecule has 3 rings (SSSR count). The molecule has 0 aliphatic carbocycles. The van der Waals surface area contributed by atoms with Gasteiger partial charge < -0.3 is 15.2 Å². The van der Waals surface area contributed by atoms with Crippen molar-refractivity contribution in [2.24, 2.45) is 0 Å². The van der Waals surface area contributed by atoms with Crippen molar-refractivity contribution in [3.8, 4) is 17.0 Å². The molecule has 6 heteroatoms. The van der Waals surface area contributed by atoms with E-state index in [-0.39, 0.29) is 5.56 Å². The summed E-state index contributed by atoms with van der Waals surface area (Å²) in [6, 6.07) is 14.5. The standard InChI is InChI=1S/C18H16N2O3S/c1-23-15-4-2-3-13(9-15)16-11-24-17(20-16)10-19-14-7-5-12(6-8-14)18(21)22/h2-9,11,19H,10H2,1H3,(H,21,22). The number of thiazole rings is 1. The van der Waals surface area contributed by atoms with Crippen LogP contribution in [0, 0.1) is 0 Å². The highest BCUT2D eigenvalue weighted by molar-refractivity contribution is 7.09. The van der Waals surface area contributed by atoms with Gasteiger partial charge >= 0.3 is 5.97 Å². The molecule has 0 amide bonds. The van der Waals surface area contributed by atoms with E-state index in [1.165, 1.54) is 0 Å². The second-order valence-electron chi connectivity index (χ2n) is 5.09. The summed E-state index contributed by atoms with van der Waals surface area (Å²) in [7, 11) is 1.64. The Morgan fingerprint density at radius 3 is 2.75 bits per heavy atom. The number of carboxylic acids is 1. The number of aromatic nitrogens is 1. The van der Waals surface area contributed by atoms with Crippen molar-refractivity contribution in [2.45, 2.75) is 6.54 Å². The summed E-state index contributed by atoms with van der Waals surface area (Å²) in [6.07, 6.45) is 0. The van der Waals surface area contributed by atoms with E-state index in [0.717, 1.165) is 27.7 Å². The smallest absolute Gasteiger partial charge is 0.335 e. The molecule has 0 spiro atoms. The van der Waals surface area contributed by atoms with Gasteiger partial charge in [-0.1, -0.05) is 12.1 Å². The van der Waals surface area contributed by atoms with Crippen molar-refractivity contribution >= 4 is 23.0 Å². The van der Waals surface area contributed by atoms with E-state index in [4.69, 9.17) is 9.84 Å². The molecule has 0 atom stereocenters. The fourth-order valence-electron chi connectivity index (χ4n) is 2.22. The molecule has 122 valence electrons. The fourth-order valence-corrected chi connectivity index (χ4v) is 2.96. The molecule has 0 aliphatic rings. The van der Waals surface area contributed by atoms with Gasteiger partial charge in [-0.05, 0) is 36.4 Å². The molecule has 24 heavy (non-hydrogen) atoms. The number of rotatable bonds is 6. The van der Waals surface area contributed by atoms with Crippen molar-refractivity contribution in [1.82, 2.24) is 4.98 Å². The summed E-state index contributed by atoms with van der Waals surface area (Å²) in [5.74, 6) is -0.122. The lowest BCUT2D eigenvalue weighted by atomic mass is 10.2. The first-order valence-electron chi connectivity index (χ1n) is 7.32. The third kappa shape index (κ3) is 3.72. The number of nitrogens with zero attached hydrogens (tertiary/aromatic N) is 1. The molecule has 1 heterocycles. The Labute approximate surface area is 143 Å². The SMILES string of the molecule is COc1cccc(-c2csc(CNc3ccc(C(=O)O)cc3)n2)c1. The molecule has 0 radical (unpaired) electrons. The first-order valence-corrected chi connectivity index (χ1v) is 8.20. The Morgan fingerprint density at radius 1 is 1.25 bits per heavy atom. The number of hydrogen-bond donors (Lipinski definition) is 2. The molecule has 2 aromatic carbocycles. The van der Waals surface area contributed by atoms with Gasteiger partial charge in [-0.15, -0.1) is 11.3 Å². The normalized spacial score (nSPS) is 10.4. The van der Waals surface area contributed by atoms with E-state index >= 15 is 0 Å². The maximum absolute atomic E-state index is 10.8. The molecule has 0 fully saturated rings. The van der Waals surface area contributed by atoms with Gasteiger partial charge in [0, 0.05) is 16.6 Å². The Bertz CT molecular complexity index is 843. The van der Waals surface area contributed by atoms with Gasteiger partial charge in [-0.2, -0.15) is 0 Å². The van der Waals surface area contributed by atoms with Crippen LogP contribution in [-0.4, -0.2) is 23.2 Å². The molecule has 0 aliphatic heterocycles. The lowest BCUT2D eigenvalue weighted by Crippen LogP contribution is -2.00. The molecule has 0 bridgehead atoms. The van der Waals surface area contributed by atoms with E-state index in [0.29, 0.717) is 6.54 Å². The Kier molecular flexibility index (Phi) is 4.77. The number of aromatic carboxylic acids is 1. The maximum Gasteiger partial charge on any atom is 0.335 e. The van der Waals surface area contributed by atoms with Crippen molar-refractivity contribution in [3.63, 3.8) is 0 Å². The number of methoxy groups -OCH3 is 1. The lowest BCUT2D eigenvalue weighted by molar-refractivity contribution is 0.0697. The third-order valence-electron chi connectivity index (χ3n) is 3.49. The minimum absolute atomic E-state index is 0.273. The summed E-state index contributed by atoms with van der Waals surface area (Å²) in [5.41, 5.74) is 3.06. The van der Waals surface area contributed by atoms with Gasteiger partial charge in [0.15, 0.2) is 0 Å². The summed E-state index contributed by atoms with van der Waals surface area (Å²) >= 11 is 1.58. The van der Waals surface area contributed by atoms with E-state index in [1.54, 1.807) is 42.7 Å². The van der Waals surface area contributed by atoms with Crippen molar-refractivity contribution in [2.75, 3.05) is 12.4 Å². The average Bonchev–Trinajstić information content (AvgIpc) is 3.09. The predicted molar refractivity (Wildman–Crippen MR) is 94.8 cm³/mol. The number of hydrogen-bond acceptors (Lipinski definition) is 5. The van der Waals surface area contributed by atoms with E-state index < -0.39 is 5.97 Å². The summed E-state index contributed by atoms with van der Waals surface area (Å²) in [5, 5.41) is 15.1. The number of ether oxygens (including phenoxy) is 1. The van der Waals surface area contributed by atoms with Crippen LogP contribution in [0.3, 0.4) is 0 Å². The Morgan fingerprint density at radius 2 is 2.04 bits per heavy atom. The van der Waals surface area contributed by atoms with Crippen molar-refractivity contribution < 1.29 is 14.6 Å². The number of nitrogens with one attached hydrogen (secondary N) is 1. The van der Waals surface area contributed by atoms with Crippen LogP contribution < -0.4 is 10.1 Å². The van der Waals surface area contributed by atoms with E-state index in [2.05, 4.69) is 10.3 Å². The average molecular weight is 340 g/mol. The van der Waals surface area contributed by atoms with Gasteiger partial charge in [0.05, 0.1) is 24.9 Å². The minimum atomic E-state index is -0.926. The first-order chi connectivity index (χ1) is 11.7. The molecule has 1 aromatic heterocycles. The summed E-state index contributed by atoms with van der Waals surface area (Å²) < 4.78 is 5.24. The highest BCUT2D eigenvalue weighted by atomic mass is 32.1. The van der Waals surface area contributed by atoms with Gasteiger partial charge in [-0.3, -0.25) is 0 Å². The van der Waals surface area contributed by atoms with Gasteiger partial charge in [0.25, 0.3) is 0 Å². The van der Waals surface area contributed by atoms with Crippen LogP contribution in [0.15, 0.2) is 53.9 Å². The van der Waals surface area contributed by atoms with Gasteiger partial charge in [-0.25, -0.2) is 9.78 Å². The lowest BCUT2D eigenvalue weighted by Gasteiger charge is -2.04. The van der Waals surface area contributed by atoms with Crippen LogP contribution in [-0.2, 0) is 6.54 Å². The van der Waals surface area contributed by atoms with Crippen LogP contribution in [0.4, 0.5) is 5.69 Å². The highest BCUT2D eigenvalue weighted by Gasteiger charge is 2.06. The van der Waals surface area contributed by atoms with Crippen LogP contribution in [0.5, 0.6) is 5.75 Å². The minimum Gasteiger partial charge on any atom is -0.497 e. The molecule has 0 saturated carbocycles. The van der Waals surface area contributed by atoms with Crippen molar-refractivity contribution in [3.05, 3.63) is 64.5 Å².